The van der Waals surface area contributed by atoms with Crippen LogP contribution in [0.5, 0.6) is 11.5 Å². The van der Waals surface area contributed by atoms with Crippen LogP contribution in [0.4, 0.5) is 17.5 Å². The van der Waals surface area contributed by atoms with E-state index in [4.69, 9.17) is 19.4 Å². The van der Waals surface area contributed by atoms with E-state index in [0.717, 1.165) is 47.4 Å². The summed E-state index contributed by atoms with van der Waals surface area (Å²) in [6.07, 6.45) is 2.41. The van der Waals surface area contributed by atoms with Crippen LogP contribution in [0.1, 0.15) is 12.8 Å². The number of hydrogen-bond acceptors (Lipinski definition) is 6. The van der Waals surface area contributed by atoms with Crippen LogP contribution in [0.2, 0.25) is 0 Å². The summed E-state index contributed by atoms with van der Waals surface area (Å²) in [4.78, 5) is 11.9. The fraction of sp³-hybridized carbons (Fsp3) is 0.273. The Balaban J connectivity index is 1.50. The molecule has 2 aliphatic heterocycles. The third-order valence-electron chi connectivity index (χ3n) is 5.01. The van der Waals surface area contributed by atoms with Gasteiger partial charge in [0, 0.05) is 36.5 Å². The van der Waals surface area contributed by atoms with E-state index < -0.39 is 0 Å². The maximum Gasteiger partial charge on any atom is 0.229 e. The molecule has 1 fully saturated rings. The number of nitrogens with zero attached hydrogens (tertiary/aromatic N) is 3. The molecule has 0 unspecified atom stereocenters. The van der Waals surface area contributed by atoms with Crippen molar-refractivity contribution in [2.24, 2.45) is 0 Å². The lowest BCUT2D eigenvalue weighted by molar-refractivity contribution is 0.171. The lowest BCUT2D eigenvalue weighted by atomic mass is 10.1. The van der Waals surface area contributed by atoms with Crippen molar-refractivity contribution in [3.8, 4) is 22.8 Å². The van der Waals surface area contributed by atoms with Gasteiger partial charge in [0.05, 0.1) is 5.69 Å². The number of aromatic nitrogens is 2. The van der Waals surface area contributed by atoms with Crippen molar-refractivity contribution in [3.05, 3.63) is 54.6 Å². The van der Waals surface area contributed by atoms with Crippen molar-refractivity contribution in [2.75, 3.05) is 36.5 Å². The van der Waals surface area contributed by atoms with Crippen LogP contribution in [0.3, 0.4) is 0 Å². The molecule has 6 nitrogen and oxygen atoms in total. The number of rotatable bonds is 4. The van der Waals surface area contributed by atoms with Crippen LogP contribution in [0, 0.1) is 0 Å². The van der Waals surface area contributed by atoms with Crippen molar-refractivity contribution < 1.29 is 9.47 Å². The minimum absolute atomic E-state index is 0.565. The van der Waals surface area contributed by atoms with E-state index in [-0.39, 0.29) is 0 Å². The Kier molecular flexibility index (Phi) is 4.45. The zero-order chi connectivity index (χ0) is 18.8. The Morgan fingerprint density at radius 2 is 1.61 bits per heavy atom. The molecule has 1 aromatic heterocycles. The minimum atomic E-state index is 0.565. The number of benzene rings is 2. The van der Waals surface area contributed by atoms with Crippen LogP contribution >= 0.6 is 0 Å². The highest BCUT2D eigenvalue weighted by Gasteiger charge is 2.17. The number of fused-ring (bicyclic) bond motifs is 1. The molecule has 1 saturated heterocycles. The summed E-state index contributed by atoms with van der Waals surface area (Å²) < 4.78 is 11.3. The van der Waals surface area contributed by atoms with Crippen LogP contribution < -0.4 is 19.7 Å². The Morgan fingerprint density at radius 1 is 0.821 bits per heavy atom. The molecule has 0 amide bonds. The van der Waals surface area contributed by atoms with Gasteiger partial charge >= 0.3 is 0 Å². The van der Waals surface area contributed by atoms with Crippen LogP contribution in [-0.4, -0.2) is 36.3 Å². The average Bonchev–Trinajstić information content (AvgIpc) is 3.29. The molecule has 0 saturated carbocycles. The summed E-state index contributed by atoms with van der Waals surface area (Å²) in [6, 6.07) is 18.1. The minimum Gasteiger partial charge on any atom is -0.486 e. The lowest BCUT2D eigenvalue weighted by Crippen LogP contribution is -2.19. The van der Waals surface area contributed by atoms with Gasteiger partial charge in [0.25, 0.3) is 0 Å². The summed E-state index contributed by atoms with van der Waals surface area (Å²) in [6.45, 7) is 3.22. The third kappa shape index (κ3) is 3.45. The quantitative estimate of drug-likeness (QED) is 0.736. The summed E-state index contributed by atoms with van der Waals surface area (Å²) in [5.41, 5.74) is 2.87. The lowest BCUT2D eigenvalue weighted by Gasteiger charge is -2.20. The molecule has 0 spiro atoms. The van der Waals surface area contributed by atoms with Crippen molar-refractivity contribution in [3.63, 3.8) is 0 Å². The highest BCUT2D eigenvalue weighted by atomic mass is 16.6. The fourth-order valence-electron chi connectivity index (χ4n) is 3.61. The Bertz CT molecular complexity index is 972. The second-order valence-electron chi connectivity index (χ2n) is 6.98. The van der Waals surface area contributed by atoms with E-state index in [0.29, 0.717) is 19.2 Å². The van der Waals surface area contributed by atoms with E-state index in [1.54, 1.807) is 0 Å². The second kappa shape index (κ2) is 7.38. The van der Waals surface area contributed by atoms with Gasteiger partial charge in [0.2, 0.25) is 5.95 Å². The zero-order valence-electron chi connectivity index (χ0n) is 15.6. The van der Waals surface area contributed by atoms with Gasteiger partial charge in [0.1, 0.15) is 19.0 Å². The number of ether oxygens (including phenoxy) is 2. The first-order valence-corrected chi connectivity index (χ1v) is 9.71. The highest BCUT2D eigenvalue weighted by molar-refractivity contribution is 5.67. The molecule has 0 atom stereocenters. The molecule has 0 bridgehead atoms. The molecule has 0 radical (unpaired) electrons. The molecule has 3 aromatic rings. The van der Waals surface area contributed by atoms with Gasteiger partial charge in [-0.3, -0.25) is 0 Å². The number of nitrogens with one attached hydrogen (secondary N) is 1. The van der Waals surface area contributed by atoms with E-state index in [1.807, 2.05) is 36.4 Å². The molecule has 6 heteroatoms. The maximum absolute atomic E-state index is 5.69. The van der Waals surface area contributed by atoms with Gasteiger partial charge in [-0.2, -0.15) is 4.98 Å². The topological polar surface area (TPSA) is 59.5 Å². The molecule has 1 N–H and O–H groups in total. The Hall–Kier alpha value is -3.28. The largest absolute Gasteiger partial charge is 0.486 e. The first-order chi connectivity index (χ1) is 13.8. The predicted octanol–water partition coefficient (Wildman–Crippen LogP) is 4.26. The van der Waals surface area contributed by atoms with Gasteiger partial charge in [-0.15, -0.1) is 0 Å². The summed E-state index contributed by atoms with van der Waals surface area (Å²) >= 11 is 0. The van der Waals surface area contributed by atoms with Crippen molar-refractivity contribution in [1.29, 1.82) is 0 Å². The molecule has 0 aliphatic carbocycles. The molecule has 2 aliphatic rings. The SMILES string of the molecule is c1ccc(-c2cc(N3CCCC3)nc(Nc3ccc4c(c3)OCCO4)n2)cc1. The second-order valence-corrected chi connectivity index (χ2v) is 6.98. The molecular weight excluding hydrogens is 352 g/mol. The smallest absolute Gasteiger partial charge is 0.229 e. The first-order valence-electron chi connectivity index (χ1n) is 9.71. The predicted molar refractivity (Wildman–Crippen MR) is 110 cm³/mol. The van der Waals surface area contributed by atoms with Crippen molar-refractivity contribution >= 4 is 17.5 Å². The molecule has 28 heavy (non-hydrogen) atoms. The maximum atomic E-state index is 5.69. The zero-order valence-corrected chi connectivity index (χ0v) is 15.6. The molecule has 5 rings (SSSR count). The first kappa shape index (κ1) is 16.9. The normalized spacial score (nSPS) is 15.5. The molecular formula is C22H22N4O2. The number of anilines is 3. The third-order valence-corrected chi connectivity index (χ3v) is 5.01. The highest BCUT2D eigenvalue weighted by Crippen LogP contribution is 2.34. The van der Waals surface area contributed by atoms with Crippen molar-refractivity contribution in [2.45, 2.75) is 12.8 Å². The van der Waals surface area contributed by atoms with Crippen molar-refractivity contribution in [1.82, 2.24) is 9.97 Å². The molecule has 3 heterocycles. The van der Waals surface area contributed by atoms with Gasteiger partial charge in [-0.05, 0) is 25.0 Å². The van der Waals surface area contributed by atoms with Gasteiger partial charge < -0.3 is 19.7 Å². The molecule has 142 valence electrons. The van der Waals surface area contributed by atoms with Crippen LogP contribution in [0.25, 0.3) is 11.3 Å². The Morgan fingerprint density at radius 3 is 2.43 bits per heavy atom. The van der Waals surface area contributed by atoms with E-state index in [2.05, 4.69) is 28.4 Å². The average molecular weight is 374 g/mol. The van der Waals surface area contributed by atoms with Gasteiger partial charge in [-0.25, -0.2) is 4.98 Å². The van der Waals surface area contributed by atoms with Gasteiger partial charge in [-0.1, -0.05) is 30.3 Å². The Labute approximate surface area is 164 Å². The summed E-state index contributed by atoms with van der Waals surface area (Å²) in [7, 11) is 0. The van der Waals surface area contributed by atoms with E-state index >= 15 is 0 Å². The monoisotopic (exact) mass is 374 g/mol. The standard InChI is InChI=1S/C22H22N4O2/c1-2-6-16(7-3-1)18-15-21(26-10-4-5-11-26)25-22(24-18)23-17-8-9-19-20(14-17)28-13-12-27-19/h1-3,6-9,14-15H,4-5,10-13H2,(H,23,24,25). The van der Waals surface area contributed by atoms with Crippen LogP contribution in [0.15, 0.2) is 54.6 Å². The summed E-state index contributed by atoms with van der Waals surface area (Å²) in [5, 5.41) is 3.34. The van der Waals surface area contributed by atoms with Gasteiger partial charge in [0.15, 0.2) is 11.5 Å². The van der Waals surface area contributed by atoms with E-state index in [9.17, 15) is 0 Å². The summed E-state index contributed by atoms with van der Waals surface area (Å²) in [5.74, 6) is 3.06. The van der Waals surface area contributed by atoms with Crippen LogP contribution in [-0.2, 0) is 0 Å². The fourth-order valence-corrected chi connectivity index (χ4v) is 3.61. The molecule has 2 aromatic carbocycles. The van der Waals surface area contributed by atoms with E-state index in [1.165, 1.54) is 12.8 Å². The number of hydrogen-bond donors (Lipinski definition) is 1.